The van der Waals surface area contributed by atoms with E-state index in [1.807, 2.05) is 30.0 Å². The number of carbonyl (C=O) groups is 1. The first-order valence-corrected chi connectivity index (χ1v) is 15.1. The van der Waals surface area contributed by atoms with E-state index in [9.17, 15) is 15.0 Å². The summed E-state index contributed by atoms with van der Waals surface area (Å²) < 4.78 is 21.6. The minimum Gasteiger partial charge on any atom is -0.395 e. The Bertz CT molecular complexity index is 1520. The van der Waals surface area contributed by atoms with Crippen molar-refractivity contribution in [3.63, 3.8) is 0 Å². The number of rotatable bonds is 11. The average molecular weight is 614 g/mol. The van der Waals surface area contributed by atoms with Gasteiger partial charge in [-0.3, -0.25) is 9.69 Å². The number of nitrogens with zero attached hydrogens (tertiary/aromatic N) is 5. The molecule has 5 heterocycles. The van der Waals surface area contributed by atoms with Crippen LogP contribution in [-0.4, -0.2) is 80.0 Å². The predicted molar refractivity (Wildman–Crippen MR) is 157 cm³/mol. The minimum atomic E-state index is -0.710. The first kappa shape index (κ1) is 30.0. The molecule has 0 bridgehead atoms. The number of pyridine rings is 2. The predicted octanol–water partition coefficient (Wildman–Crippen LogP) is 3.69. The van der Waals surface area contributed by atoms with Gasteiger partial charge >= 0.3 is 0 Å². The highest BCUT2D eigenvalue weighted by atomic mass is 32.2. The van der Waals surface area contributed by atoms with Gasteiger partial charge in [0, 0.05) is 30.4 Å². The van der Waals surface area contributed by atoms with E-state index >= 15 is 4.39 Å². The van der Waals surface area contributed by atoms with E-state index in [1.165, 1.54) is 23.6 Å². The van der Waals surface area contributed by atoms with Crippen LogP contribution in [0, 0.1) is 19.7 Å². The van der Waals surface area contributed by atoms with Crippen LogP contribution in [-0.2, 0) is 5.41 Å². The summed E-state index contributed by atoms with van der Waals surface area (Å²) in [5, 5.41) is 30.1. The molecule has 0 saturated carbocycles. The fourth-order valence-electron chi connectivity index (χ4n) is 4.93. The van der Waals surface area contributed by atoms with Crippen LogP contribution in [0.15, 0.2) is 56.5 Å². The van der Waals surface area contributed by atoms with Crippen molar-refractivity contribution >= 4 is 40.0 Å². The second-order valence-corrected chi connectivity index (χ2v) is 12.6. The zero-order chi connectivity index (χ0) is 29.7. The molecule has 0 unspecified atom stereocenters. The van der Waals surface area contributed by atoms with Crippen molar-refractivity contribution in [2.24, 2.45) is 0 Å². The Balaban J connectivity index is 1.27. The maximum absolute atomic E-state index is 15.5. The molecule has 222 valence electrons. The van der Waals surface area contributed by atoms with Crippen LogP contribution >= 0.6 is 23.1 Å². The zero-order valence-corrected chi connectivity index (χ0v) is 24.8. The van der Waals surface area contributed by atoms with Gasteiger partial charge in [-0.1, -0.05) is 28.3 Å². The number of hydrogen-bond acceptors (Lipinski definition) is 12. The fraction of sp³-hybridized carbons (Fsp3) is 0.393. The summed E-state index contributed by atoms with van der Waals surface area (Å²) in [4.78, 5) is 28.2. The summed E-state index contributed by atoms with van der Waals surface area (Å²) in [7, 11) is 0. The van der Waals surface area contributed by atoms with Crippen LogP contribution in [0.4, 0.5) is 15.3 Å². The van der Waals surface area contributed by atoms with Crippen molar-refractivity contribution < 1.29 is 23.9 Å². The number of piperidine rings is 1. The number of thiazole rings is 1. The number of aromatic nitrogens is 4. The number of anilines is 2. The lowest BCUT2D eigenvalue weighted by atomic mass is 9.75. The fourth-order valence-corrected chi connectivity index (χ4v) is 6.80. The standard InChI is InChI=1S/C28H32FN7O4S2/c1-17-3-7-30-22(11-17)34-27-32-13-23(42-27)41-20-4-8-31-25(24(20)29)26(39)33-16-28(21-12-18(2)40-35-21)5-9-36(10-6-28)19(14-37)15-38/h3-4,7-8,11-13,19,37-38H,5-6,9-10,14-16H2,1-2H3,(H,33,39)(H,30,32,34). The highest BCUT2D eigenvalue weighted by molar-refractivity contribution is 8.01. The third-order valence-corrected chi connectivity index (χ3v) is 9.42. The van der Waals surface area contributed by atoms with Gasteiger partial charge in [0.1, 0.15) is 11.6 Å². The van der Waals surface area contributed by atoms with Crippen LogP contribution < -0.4 is 10.6 Å². The van der Waals surface area contributed by atoms with Gasteiger partial charge in [0.15, 0.2) is 16.6 Å². The SMILES string of the molecule is Cc1ccnc(Nc2ncc(Sc3ccnc(C(=O)NCC4(c5cc(C)on5)CCN(C(CO)CO)CC4)c3F)s2)c1. The van der Waals surface area contributed by atoms with E-state index in [4.69, 9.17) is 4.52 Å². The summed E-state index contributed by atoms with van der Waals surface area (Å²) in [6.07, 6.45) is 5.96. The second kappa shape index (κ2) is 13.3. The number of aryl methyl sites for hydroxylation is 2. The molecule has 1 amide bonds. The smallest absolute Gasteiger partial charge is 0.273 e. The van der Waals surface area contributed by atoms with E-state index in [1.54, 1.807) is 19.3 Å². The molecule has 4 aromatic rings. The van der Waals surface area contributed by atoms with Gasteiger partial charge in [-0.2, -0.15) is 0 Å². The van der Waals surface area contributed by atoms with Crippen molar-refractivity contribution in [3.05, 3.63) is 71.4 Å². The molecule has 0 atom stereocenters. The van der Waals surface area contributed by atoms with Gasteiger partial charge < -0.3 is 25.4 Å². The molecule has 0 aliphatic carbocycles. The van der Waals surface area contributed by atoms with E-state index in [-0.39, 0.29) is 36.4 Å². The van der Waals surface area contributed by atoms with E-state index < -0.39 is 17.1 Å². The summed E-state index contributed by atoms with van der Waals surface area (Å²) in [5.41, 5.74) is 0.919. The number of aliphatic hydroxyl groups is 2. The maximum atomic E-state index is 15.5. The van der Waals surface area contributed by atoms with Crippen LogP contribution in [0.5, 0.6) is 0 Å². The number of carbonyl (C=O) groups excluding carboxylic acids is 1. The summed E-state index contributed by atoms with van der Waals surface area (Å²) in [5.74, 6) is -0.0209. The number of likely N-dealkylation sites (tertiary alicyclic amines) is 1. The number of halogens is 1. The zero-order valence-electron chi connectivity index (χ0n) is 23.2. The van der Waals surface area contributed by atoms with Crippen LogP contribution in [0.1, 0.15) is 40.3 Å². The van der Waals surface area contributed by atoms with Crippen LogP contribution in [0.2, 0.25) is 0 Å². The number of aliphatic hydroxyl groups excluding tert-OH is 2. The van der Waals surface area contributed by atoms with Crippen molar-refractivity contribution in [1.29, 1.82) is 0 Å². The Kier molecular flexibility index (Phi) is 9.48. The molecule has 14 heteroatoms. The lowest BCUT2D eigenvalue weighted by Crippen LogP contribution is -2.53. The first-order valence-electron chi connectivity index (χ1n) is 13.5. The van der Waals surface area contributed by atoms with Gasteiger partial charge in [-0.05, 0) is 63.5 Å². The maximum Gasteiger partial charge on any atom is 0.273 e. The van der Waals surface area contributed by atoms with Crippen molar-refractivity contribution in [2.45, 2.75) is 47.3 Å². The molecule has 1 aliphatic heterocycles. The molecule has 0 radical (unpaired) electrons. The Morgan fingerprint density at radius 1 is 1.17 bits per heavy atom. The van der Waals surface area contributed by atoms with Gasteiger partial charge in [0.05, 0.1) is 40.3 Å². The molecule has 11 nitrogen and oxygen atoms in total. The average Bonchev–Trinajstić information content (AvgIpc) is 3.63. The molecular formula is C28H32FN7O4S2. The highest BCUT2D eigenvalue weighted by Gasteiger charge is 2.40. The summed E-state index contributed by atoms with van der Waals surface area (Å²) in [6, 6.07) is 6.83. The lowest BCUT2D eigenvalue weighted by molar-refractivity contribution is 0.0404. The third-order valence-electron chi connectivity index (χ3n) is 7.37. The Morgan fingerprint density at radius 3 is 2.62 bits per heavy atom. The van der Waals surface area contributed by atoms with E-state index in [0.717, 1.165) is 21.5 Å². The van der Waals surface area contributed by atoms with Crippen LogP contribution in [0.25, 0.3) is 0 Å². The Labute approximate surface area is 250 Å². The van der Waals surface area contributed by atoms with Gasteiger partial charge in [-0.15, -0.1) is 0 Å². The van der Waals surface area contributed by atoms with Gasteiger partial charge in [0.25, 0.3) is 5.91 Å². The Hall–Kier alpha value is -3.43. The molecule has 4 aromatic heterocycles. The van der Waals surface area contributed by atoms with Gasteiger partial charge in [0.2, 0.25) is 0 Å². The molecule has 42 heavy (non-hydrogen) atoms. The summed E-state index contributed by atoms with van der Waals surface area (Å²) >= 11 is 2.51. The number of nitrogens with one attached hydrogen (secondary N) is 2. The number of hydrogen-bond donors (Lipinski definition) is 4. The molecule has 5 rings (SSSR count). The largest absolute Gasteiger partial charge is 0.395 e. The molecular weight excluding hydrogens is 581 g/mol. The quantitative estimate of drug-likeness (QED) is 0.196. The molecule has 1 aliphatic rings. The molecule has 1 saturated heterocycles. The van der Waals surface area contributed by atoms with Gasteiger partial charge in [-0.25, -0.2) is 19.3 Å². The topological polar surface area (TPSA) is 150 Å². The Morgan fingerprint density at radius 2 is 1.93 bits per heavy atom. The highest BCUT2D eigenvalue weighted by Crippen LogP contribution is 2.37. The van der Waals surface area contributed by atoms with E-state index in [2.05, 4.69) is 30.7 Å². The lowest BCUT2D eigenvalue weighted by Gasteiger charge is -2.42. The molecule has 0 aromatic carbocycles. The molecule has 1 fully saturated rings. The summed E-state index contributed by atoms with van der Waals surface area (Å²) in [6.45, 7) is 4.84. The van der Waals surface area contributed by atoms with Crippen LogP contribution in [0.3, 0.4) is 0 Å². The molecule has 0 spiro atoms. The van der Waals surface area contributed by atoms with Crippen molar-refractivity contribution in [2.75, 3.05) is 38.2 Å². The minimum absolute atomic E-state index is 0.147. The van der Waals surface area contributed by atoms with Crippen molar-refractivity contribution in [3.8, 4) is 0 Å². The number of amides is 1. The third kappa shape index (κ3) is 6.79. The normalized spacial score (nSPS) is 15.2. The second-order valence-electron chi connectivity index (χ2n) is 10.2. The monoisotopic (exact) mass is 613 g/mol. The van der Waals surface area contributed by atoms with Crippen molar-refractivity contribution in [1.82, 2.24) is 30.3 Å². The first-order chi connectivity index (χ1) is 20.3. The molecule has 4 N–H and O–H groups in total. The van der Waals surface area contributed by atoms with E-state index in [0.29, 0.717) is 48.3 Å².